The zero-order valence-electron chi connectivity index (χ0n) is 27.4. The Labute approximate surface area is 292 Å². The van der Waals surface area contributed by atoms with Crippen molar-refractivity contribution in [3.8, 4) is 0 Å². The molecule has 1 fully saturated rings. The van der Waals surface area contributed by atoms with Gasteiger partial charge in [-0.2, -0.15) is 0 Å². The average molecular weight is 724 g/mol. The number of aliphatic hydroxyl groups excluding tert-OH is 2. The predicted molar refractivity (Wildman–Crippen MR) is 191 cm³/mol. The molecule has 5 rings (SSSR count). The first-order valence-electron chi connectivity index (χ1n) is 16.4. The Morgan fingerprint density at radius 1 is 1.04 bits per heavy atom. The molecule has 10 heteroatoms. The monoisotopic (exact) mass is 722 g/mol. The van der Waals surface area contributed by atoms with E-state index in [2.05, 4.69) is 49.0 Å². The quantitative estimate of drug-likeness (QED) is 0.187. The molecule has 0 saturated carbocycles. The Morgan fingerprint density at radius 2 is 1.77 bits per heavy atom. The maximum Gasteiger partial charge on any atom is 0.239 e. The Balaban J connectivity index is 1.29. The van der Waals surface area contributed by atoms with E-state index in [1.54, 1.807) is 0 Å². The van der Waals surface area contributed by atoms with Crippen LogP contribution in [0.2, 0.25) is 0 Å². The molecule has 47 heavy (non-hydrogen) atoms. The van der Waals surface area contributed by atoms with Crippen molar-refractivity contribution in [2.45, 2.75) is 81.3 Å². The number of carbonyl (C=O) groups excluding carboxylic acids is 2. The van der Waals surface area contributed by atoms with Gasteiger partial charge in [-0.3, -0.25) is 19.4 Å². The van der Waals surface area contributed by atoms with Gasteiger partial charge in [0.1, 0.15) is 6.04 Å². The minimum atomic E-state index is -0.845. The molecule has 8 nitrogen and oxygen atoms in total. The topological polar surface area (TPSA) is 105 Å². The minimum absolute atomic E-state index is 0.0798. The Bertz CT molecular complexity index is 1530. The van der Waals surface area contributed by atoms with Gasteiger partial charge in [0.25, 0.3) is 0 Å². The summed E-state index contributed by atoms with van der Waals surface area (Å²) in [6.45, 7) is 8.65. The molecule has 0 unspecified atom stereocenters. The second-order valence-corrected chi connectivity index (χ2v) is 15.4. The number of thiol groups is 1. The van der Waals surface area contributed by atoms with Crippen LogP contribution >= 0.6 is 28.6 Å². The lowest BCUT2D eigenvalue weighted by Gasteiger charge is -2.42. The standard InChI is InChI=1S/C37H47BrN4O4S/c1-37(2,3)40-36(46)31-23-41(21-26-13-14-28(38)20-33(26)47)15-16-42(31)22-29(43)18-27(17-24-9-5-4-6-10-24)35(45)39-34-30-12-8-7-11-25(30)19-32(34)44/h4-14,20,27,29,31-32,34,43-44,47H,15-19,21-23H2,1-3H3,(H,39,45)(H,40,46)/t27-,29+,31+,32-,34+/m1/s1. The number of nitrogens with zero attached hydrogens (tertiary/aromatic N) is 2. The maximum absolute atomic E-state index is 13.9. The number of fused-ring (bicyclic) bond motifs is 1. The first kappa shape index (κ1) is 35.6. The molecule has 252 valence electrons. The summed E-state index contributed by atoms with van der Waals surface area (Å²) < 4.78 is 0.968. The van der Waals surface area contributed by atoms with E-state index < -0.39 is 35.7 Å². The number of β-amino-alcohol motifs (C(OH)–C–C–N with tert-alkyl or cyclic N) is 1. The largest absolute Gasteiger partial charge is 0.392 e. The number of rotatable bonds is 11. The molecule has 2 aliphatic rings. The first-order chi connectivity index (χ1) is 22.4. The van der Waals surface area contributed by atoms with E-state index >= 15 is 0 Å². The summed E-state index contributed by atoms with van der Waals surface area (Å²) in [5, 5.41) is 28.6. The molecule has 1 heterocycles. The summed E-state index contributed by atoms with van der Waals surface area (Å²) in [6, 6.07) is 22.7. The van der Waals surface area contributed by atoms with Gasteiger partial charge in [0, 0.05) is 60.0 Å². The minimum Gasteiger partial charge on any atom is -0.392 e. The summed E-state index contributed by atoms with van der Waals surface area (Å²) in [6.07, 6.45) is -0.375. The van der Waals surface area contributed by atoms with Crippen molar-refractivity contribution in [1.82, 2.24) is 20.4 Å². The van der Waals surface area contributed by atoms with Crippen molar-refractivity contribution in [3.05, 3.63) is 99.5 Å². The Morgan fingerprint density at radius 3 is 2.49 bits per heavy atom. The lowest BCUT2D eigenvalue weighted by Crippen LogP contribution is -2.61. The molecule has 0 bridgehead atoms. The van der Waals surface area contributed by atoms with Crippen LogP contribution in [0.15, 0.2) is 82.2 Å². The fourth-order valence-electron chi connectivity index (χ4n) is 6.73. The number of aliphatic hydroxyl groups is 2. The fourth-order valence-corrected chi connectivity index (χ4v) is 7.55. The van der Waals surface area contributed by atoms with Crippen molar-refractivity contribution < 1.29 is 19.8 Å². The van der Waals surface area contributed by atoms with Crippen LogP contribution in [0.25, 0.3) is 0 Å². The van der Waals surface area contributed by atoms with Crippen molar-refractivity contribution in [2.24, 2.45) is 5.92 Å². The third-order valence-corrected chi connectivity index (χ3v) is 9.93. The summed E-state index contributed by atoms with van der Waals surface area (Å²) in [5.41, 5.74) is 3.65. The summed E-state index contributed by atoms with van der Waals surface area (Å²) >= 11 is 8.16. The molecule has 4 N–H and O–H groups in total. The smallest absolute Gasteiger partial charge is 0.239 e. The number of benzene rings is 3. The van der Waals surface area contributed by atoms with Gasteiger partial charge in [-0.25, -0.2) is 0 Å². The molecular weight excluding hydrogens is 676 g/mol. The van der Waals surface area contributed by atoms with Crippen LogP contribution in [0.3, 0.4) is 0 Å². The normalized spacial score (nSPS) is 21.6. The fraction of sp³-hybridized carbons (Fsp3) is 0.459. The number of amides is 2. The SMILES string of the molecule is CC(C)(C)NC(=O)[C@@H]1CN(Cc2ccc(Br)cc2S)CCN1C[C@@H](O)C[C@@H](Cc1ccccc1)C(=O)N[C@H]1c2ccccc2C[C@H]1O. The summed E-state index contributed by atoms with van der Waals surface area (Å²) in [4.78, 5) is 32.7. The van der Waals surface area contributed by atoms with Gasteiger partial charge in [-0.15, -0.1) is 12.6 Å². The van der Waals surface area contributed by atoms with E-state index in [1.165, 1.54) is 0 Å². The molecular formula is C37H47BrN4O4S. The third-order valence-electron chi connectivity index (χ3n) is 9.02. The van der Waals surface area contributed by atoms with Gasteiger partial charge in [0.15, 0.2) is 0 Å². The Kier molecular flexibility index (Phi) is 11.9. The molecule has 3 aromatic rings. The molecule has 1 saturated heterocycles. The molecule has 0 spiro atoms. The van der Waals surface area contributed by atoms with Crippen LogP contribution < -0.4 is 10.6 Å². The van der Waals surface area contributed by atoms with E-state index in [4.69, 9.17) is 0 Å². The molecule has 0 radical (unpaired) electrons. The lowest BCUT2D eigenvalue weighted by atomic mass is 9.91. The van der Waals surface area contributed by atoms with Crippen molar-refractivity contribution in [2.75, 3.05) is 26.2 Å². The van der Waals surface area contributed by atoms with Gasteiger partial charge >= 0.3 is 0 Å². The maximum atomic E-state index is 13.9. The highest BCUT2D eigenvalue weighted by Gasteiger charge is 2.37. The van der Waals surface area contributed by atoms with Crippen LogP contribution in [-0.4, -0.2) is 81.8 Å². The molecule has 5 atom stereocenters. The summed E-state index contributed by atoms with van der Waals surface area (Å²) in [7, 11) is 0. The highest BCUT2D eigenvalue weighted by atomic mass is 79.9. The summed E-state index contributed by atoms with van der Waals surface area (Å²) in [5.74, 6) is -0.803. The average Bonchev–Trinajstić information content (AvgIpc) is 3.33. The number of halogens is 1. The van der Waals surface area contributed by atoms with Crippen molar-refractivity contribution in [3.63, 3.8) is 0 Å². The van der Waals surface area contributed by atoms with E-state index in [9.17, 15) is 19.8 Å². The van der Waals surface area contributed by atoms with Crippen molar-refractivity contribution in [1.29, 1.82) is 0 Å². The lowest BCUT2D eigenvalue weighted by molar-refractivity contribution is -0.132. The molecule has 3 aromatic carbocycles. The highest BCUT2D eigenvalue weighted by Crippen LogP contribution is 2.32. The molecule has 1 aliphatic carbocycles. The van der Waals surface area contributed by atoms with Crippen molar-refractivity contribution >= 4 is 40.4 Å². The van der Waals surface area contributed by atoms with Crippen LogP contribution in [0.5, 0.6) is 0 Å². The zero-order valence-corrected chi connectivity index (χ0v) is 29.9. The van der Waals surface area contributed by atoms with Crippen LogP contribution in [0, 0.1) is 5.92 Å². The number of nitrogens with one attached hydrogen (secondary N) is 2. The van der Waals surface area contributed by atoms with Crippen LogP contribution in [-0.2, 0) is 29.0 Å². The third kappa shape index (κ3) is 9.68. The zero-order chi connectivity index (χ0) is 33.7. The number of hydrogen-bond acceptors (Lipinski definition) is 7. The molecule has 0 aromatic heterocycles. The Hall–Kier alpha value is -2.73. The van der Waals surface area contributed by atoms with Gasteiger partial charge in [-0.05, 0) is 68.0 Å². The van der Waals surface area contributed by atoms with Crippen LogP contribution in [0.4, 0.5) is 0 Å². The number of piperazine rings is 1. The first-order valence-corrected chi connectivity index (χ1v) is 17.6. The van der Waals surface area contributed by atoms with Crippen LogP contribution in [0.1, 0.15) is 55.5 Å². The van der Waals surface area contributed by atoms with Gasteiger partial charge in [0.2, 0.25) is 11.8 Å². The highest BCUT2D eigenvalue weighted by molar-refractivity contribution is 9.10. The molecule has 1 aliphatic heterocycles. The second-order valence-electron chi connectivity index (χ2n) is 14.0. The predicted octanol–water partition coefficient (Wildman–Crippen LogP) is 4.52. The van der Waals surface area contributed by atoms with Gasteiger partial charge in [-0.1, -0.05) is 76.6 Å². The number of carbonyl (C=O) groups is 2. The van der Waals surface area contributed by atoms with E-state index in [-0.39, 0.29) is 24.8 Å². The van der Waals surface area contributed by atoms with E-state index in [0.717, 1.165) is 38.2 Å². The van der Waals surface area contributed by atoms with E-state index in [1.807, 2.05) is 93.6 Å². The van der Waals surface area contributed by atoms with E-state index in [0.29, 0.717) is 32.5 Å². The van der Waals surface area contributed by atoms with Gasteiger partial charge in [0.05, 0.1) is 18.2 Å². The second kappa shape index (κ2) is 15.7. The van der Waals surface area contributed by atoms with Gasteiger partial charge < -0.3 is 20.8 Å². The molecule has 2 amide bonds. The number of hydrogen-bond donors (Lipinski definition) is 5.